The van der Waals surface area contributed by atoms with Crippen LogP contribution in [0.3, 0.4) is 0 Å². The topological polar surface area (TPSA) is 12.0 Å². The van der Waals surface area contributed by atoms with E-state index in [2.05, 4.69) is 19.2 Å². The van der Waals surface area contributed by atoms with Gasteiger partial charge in [-0.05, 0) is 55.0 Å². The van der Waals surface area contributed by atoms with Gasteiger partial charge in [-0.25, -0.2) is 0 Å². The first kappa shape index (κ1) is 14.2. The summed E-state index contributed by atoms with van der Waals surface area (Å²) in [5.74, 6) is 1.24. The van der Waals surface area contributed by atoms with Crippen LogP contribution in [0.1, 0.15) is 44.6 Å². The molecule has 1 aromatic rings. The van der Waals surface area contributed by atoms with Gasteiger partial charge in [-0.2, -0.15) is 0 Å². The lowest BCUT2D eigenvalue weighted by atomic mass is 9.88. The molecule has 18 heavy (non-hydrogen) atoms. The van der Waals surface area contributed by atoms with Crippen molar-refractivity contribution in [2.75, 3.05) is 6.54 Å². The summed E-state index contributed by atoms with van der Waals surface area (Å²) in [4.78, 5) is 0. The SMILES string of the molecule is CC(C)NCC1CCCC1c1cc(Cl)ccc1Cl. The maximum atomic E-state index is 6.33. The minimum absolute atomic E-state index is 0.543. The highest BCUT2D eigenvalue weighted by atomic mass is 35.5. The molecule has 0 saturated heterocycles. The lowest BCUT2D eigenvalue weighted by Crippen LogP contribution is -2.30. The van der Waals surface area contributed by atoms with Crippen molar-refractivity contribution in [1.82, 2.24) is 5.32 Å². The highest BCUT2D eigenvalue weighted by Crippen LogP contribution is 2.42. The summed E-state index contributed by atoms with van der Waals surface area (Å²) in [5, 5.41) is 5.20. The second kappa shape index (κ2) is 6.27. The molecule has 1 aromatic carbocycles. The van der Waals surface area contributed by atoms with Crippen LogP contribution in [0.4, 0.5) is 0 Å². The largest absolute Gasteiger partial charge is 0.314 e. The van der Waals surface area contributed by atoms with E-state index in [0.29, 0.717) is 17.9 Å². The van der Waals surface area contributed by atoms with Crippen molar-refractivity contribution in [2.24, 2.45) is 5.92 Å². The summed E-state index contributed by atoms with van der Waals surface area (Å²) in [6, 6.07) is 6.37. The summed E-state index contributed by atoms with van der Waals surface area (Å²) < 4.78 is 0. The van der Waals surface area contributed by atoms with Crippen LogP contribution in [0.25, 0.3) is 0 Å². The second-order valence-corrected chi connectivity index (χ2v) is 6.37. The van der Waals surface area contributed by atoms with E-state index in [0.717, 1.165) is 16.6 Å². The zero-order valence-electron chi connectivity index (χ0n) is 11.0. The number of benzene rings is 1. The molecule has 1 nitrogen and oxygen atoms in total. The lowest BCUT2D eigenvalue weighted by Gasteiger charge is -2.23. The highest BCUT2D eigenvalue weighted by molar-refractivity contribution is 6.33. The molecule has 2 rings (SSSR count). The Hall–Kier alpha value is -0.240. The van der Waals surface area contributed by atoms with Crippen molar-refractivity contribution in [3.05, 3.63) is 33.8 Å². The van der Waals surface area contributed by atoms with E-state index in [1.807, 2.05) is 18.2 Å². The summed E-state index contributed by atoms with van der Waals surface area (Å²) in [6.45, 7) is 5.46. The third-order valence-corrected chi connectivity index (χ3v) is 4.38. The molecule has 1 saturated carbocycles. The van der Waals surface area contributed by atoms with Gasteiger partial charge in [0.15, 0.2) is 0 Å². The van der Waals surface area contributed by atoms with Gasteiger partial charge in [0.1, 0.15) is 0 Å². The van der Waals surface area contributed by atoms with Crippen LogP contribution < -0.4 is 5.32 Å². The second-order valence-electron chi connectivity index (χ2n) is 5.53. The monoisotopic (exact) mass is 285 g/mol. The van der Waals surface area contributed by atoms with Crippen LogP contribution in [0.5, 0.6) is 0 Å². The summed E-state index contributed by atoms with van der Waals surface area (Å²) in [7, 11) is 0. The Balaban J connectivity index is 2.13. The fourth-order valence-corrected chi connectivity index (χ4v) is 3.31. The van der Waals surface area contributed by atoms with Crippen molar-refractivity contribution >= 4 is 23.2 Å². The molecular weight excluding hydrogens is 265 g/mol. The molecule has 100 valence electrons. The third kappa shape index (κ3) is 3.40. The average Bonchev–Trinajstić information content (AvgIpc) is 2.77. The summed E-state index contributed by atoms with van der Waals surface area (Å²) >= 11 is 12.4. The number of hydrogen-bond donors (Lipinski definition) is 1. The molecule has 3 heteroatoms. The van der Waals surface area contributed by atoms with E-state index in [1.54, 1.807) is 0 Å². The van der Waals surface area contributed by atoms with Crippen molar-refractivity contribution in [2.45, 2.75) is 45.1 Å². The van der Waals surface area contributed by atoms with Gasteiger partial charge in [0.2, 0.25) is 0 Å². The molecule has 1 N–H and O–H groups in total. The van der Waals surface area contributed by atoms with Crippen LogP contribution >= 0.6 is 23.2 Å². The van der Waals surface area contributed by atoms with E-state index in [-0.39, 0.29) is 0 Å². The first-order chi connectivity index (χ1) is 8.58. The molecule has 0 aromatic heterocycles. The molecule has 0 spiro atoms. The van der Waals surface area contributed by atoms with E-state index in [4.69, 9.17) is 23.2 Å². The standard InChI is InChI=1S/C15H21Cl2N/c1-10(2)18-9-11-4-3-5-13(11)14-8-12(16)6-7-15(14)17/h6-8,10-11,13,18H,3-5,9H2,1-2H3. The Morgan fingerprint density at radius 2 is 2.06 bits per heavy atom. The first-order valence-corrected chi connectivity index (χ1v) is 7.52. The fraction of sp³-hybridized carbons (Fsp3) is 0.600. The minimum atomic E-state index is 0.543. The third-order valence-electron chi connectivity index (χ3n) is 3.80. The van der Waals surface area contributed by atoms with Crippen LogP contribution in [0, 0.1) is 5.92 Å². The minimum Gasteiger partial charge on any atom is -0.314 e. The molecule has 0 bridgehead atoms. The average molecular weight is 286 g/mol. The Morgan fingerprint density at radius 3 is 2.78 bits per heavy atom. The van der Waals surface area contributed by atoms with Gasteiger partial charge in [0, 0.05) is 16.1 Å². The maximum Gasteiger partial charge on any atom is 0.0441 e. The van der Waals surface area contributed by atoms with E-state index in [1.165, 1.54) is 24.8 Å². The number of rotatable bonds is 4. The first-order valence-electron chi connectivity index (χ1n) is 6.76. The van der Waals surface area contributed by atoms with Crippen molar-refractivity contribution < 1.29 is 0 Å². The Bertz CT molecular complexity index is 403. The van der Waals surface area contributed by atoms with Crippen LogP contribution in [0.2, 0.25) is 10.0 Å². The maximum absolute atomic E-state index is 6.33. The molecule has 1 aliphatic carbocycles. The van der Waals surface area contributed by atoms with E-state index < -0.39 is 0 Å². The van der Waals surface area contributed by atoms with Gasteiger partial charge in [0.25, 0.3) is 0 Å². The van der Waals surface area contributed by atoms with Gasteiger partial charge in [-0.1, -0.05) is 43.5 Å². The fourth-order valence-electron chi connectivity index (χ4n) is 2.88. The van der Waals surface area contributed by atoms with Gasteiger partial charge in [0.05, 0.1) is 0 Å². The van der Waals surface area contributed by atoms with Gasteiger partial charge < -0.3 is 5.32 Å². The molecule has 2 atom stereocenters. The summed E-state index contributed by atoms with van der Waals surface area (Å²) in [5.41, 5.74) is 1.23. The highest BCUT2D eigenvalue weighted by Gasteiger charge is 2.29. The predicted molar refractivity (Wildman–Crippen MR) is 79.7 cm³/mol. The molecule has 0 amide bonds. The number of hydrogen-bond acceptors (Lipinski definition) is 1. The molecule has 1 aliphatic rings. The Morgan fingerprint density at radius 1 is 1.28 bits per heavy atom. The van der Waals surface area contributed by atoms with Crippen molar-refractivity contribution in [3.63, 3.8) is 0 Å². The van der Waals surface area contributed by atoms with Gasteiger partial charge >= 0.3 is 0 Å². The Labute approximate surface area is 120 Å². The molecule has 0 heterocycles. The Kier molecular flexibility index (Phi) is 4.94. The normalized spacial score (nSPS) is 23.8. The number of halogens is 2. The number of nitrogens with one attached hydrogen (secondary N) is 1. The van der Waals surface area contributed by atoms with E-state index >= 15 is 0 Å². The van der Waals surface area contributed by atoms with Crippen LogP contribution in [-0.4, -0.2) is 12.6 Å². The molecule has 0 radical (unpaired) electrons. The lowest BCUT2D eigenvalue weighted by molar-refractivity contribution is 0.423. The van der Waals surface area contributed by atoms with Crippen molar-refractivity contribution in [3.8, 4) is 0 Å². The molecular formula is C15H21Cl2N. The van der Waals surface area contributed by atoms with Crippen LogP contribution in [0.15, 0.2) is 18.2 Å². The van der Waals surface area contributed by atoms with Gasteiger partial charge in [-0.15, -0.1) is 0 Å². The molecule has 1 fully saturated rings. The predicted octanol–water partition coefficient (Wildman–Crippen LogP) is 4.88. The smallest absolute Gasteiger partial charge is 0.0441 e. The molecule has 2 unspecified atom stereocenters. The van der Waals surface area contributed by atoms with Crippen molar-refractivity contribution in [1.29, 1.82) is 0 Å². The summed E-state index contributed by atoms with van der Waals surface area (Å²) in [6.07, 6.45) is 3.80. The zero-order chi connectivity index (χ0) is 13.1. The quantitative estimate of drug-likeness (QED) is 0.832. The zero-order valence-corrected chi connectivity index (χ0v) is 12.6. The van der Waals surface area contributed by atoms with Gasteiger partial charge in [-0.3, -0.25) is 0 Å². The molecule has 0 aliphatic heterocycles. The van der Waals surface area contributed by atoms with Crippen LogP contribution in [-0.2, 0) is 0 Å². The van der Waals surface area contributed by atoms with E-state index in [9.17, 15) is 0 Å².